The summed E-state index contributed by atoms with van der Waals surface area (Å²) in [4.78, 5) is 4.25. The summed E-state index contributed by atoms with van der Waals surface area (Å²) in [6.45, 7) is 3.93. The first-order chi connectivity index (χ1) is 6.93. The van der Waals surface area contributed by atoms with Gasteiger partial charge in [-0.3, -0.25) is 0 Å². The highest BCUT2D eigenvalue weighted by atomic mass is 32.2. The average molecular weight is 223 g/mol. The highest BCUT2D eigenvalue weighted by molar-refractivity contribution is 8.13. The Balaban J connectivity index is 3.04. The van der Waals surface area contributed by atoms with Crippen LogP contribution in [0, 0.1) is 0 Å². The third-order valence-corrected chi connectivity index (χ3v) is 2.55. The quantitative estimate of drug-likeness (QED) is 0.596. The van der Waals surface area contributed by atoms with Crippen molar-refractivity contribution < 1.29 is 0 Å². The number of thioether (sulfide) groups is 1. The second-order valence-electron chi connectivity index (χ2n) is 3.93. The Labute approximate surface area is 95.0 Å². The SMILES string of the molecule is CSC(N)=Nc1cccc(C(C)(C)N)c1. The maximum Gasteiger partial charge on any atom is 0.158 e. The van der Waals surface area contributed by atoms with Gasteiger partial charge in [0.15, 0.2) is 5.17 Å². The van der Waals surface area contributed by atoms with Gasteiger partial charge in [0.05, 0.1) is 5.69 Å². The van der Waals surface area contributed by atoms with Gasteiger partial charge in [-0.25, -0.2) is 4.99 Å². The van der Waals surface area contributed by atoms with Gasteiger partial charge in [0.2, 0.25) is 0 Å². The smallest absolute Gasteiger partial charge is 0.158 e. The number of amidine groups is 1. The number of hydrogen-bond acceptors (Lipinski definition) is 3. The number of aliphatic imine (C=N–C) groups is 1. The predicted octanol–water partition coefficient (Wildman–Crippen LogP) is 2.19. The highest BCUT2D eigenvalue weighted by Crippen LogP contribution is 2.22. The van der Waals surface area contributed by atoms with E-state index in [1.54, 1.807) is 0 Å². The third-order valence-electron chi connectivity index (χ3n) is 2.04. The monoisotopic (exact) mass is 223 g/mol. The summed E-state index contributed by atoms with van der Waals surface area (Å²) in [6.07, 6.45) is 1.90. The Hall–Kier alpha value is -1.00. The zero-order valence-electron chi connectivity index (χ0n) is 9.32. The first-order valence-electron chi connectivity index (χ1n) is 4.71. The lowest BCUT2D eigenvalue weighted by molar-refractivity contribution is 0.554. The van der Waals surface area contributed by atoms with Crippen molar-refractivity contribution in [3.8, 4) is 0 Å². The van der Waals surface area contributed by atoms with Crippen LogP contribution in [0.3, 0.4) is 0 Å². The molecule has 0 spiro atoms. The molecule has 15 heavy (non-hydrogen) atoms. The summed E-state index contributed by atoms with van der Waals surface area (Å²) in [6, 6.07) is 7.81. The summed E-state index contributed by atoms with van der Waals surface area (Å²) in [5.41, 5.74) is 13.2. The van der Waals surface area contributed by atoms with Gasteiger partial charge in [-0.1, -0.05) is 23.9 Å². The van der Waals surface area contributed by atoms with Gasteiger partial charge >= 0.3 is 0 Å². The molecule has 0 fully saturated rings. The van der Waals surface area contributed by atoms with Gasteiger partial charge in [-0.15, -0.1) is 0 Å². The average Bonchev–Trinajstić information content (AvgIpc) is 2.17. The topological polar surface area (TPSA) is 64.4 Å². The standard InChI is InChI=1S/C11H17N3S/c1-11(2,13)8-5-4-6-9(7-8)14-10(12)15-3/h4-7H,13H2,1-3H3,(H2,12,14). The van der Waals surface area contributed by atoms with E-state index >= 15 is 0 Å². The van der Waals surface area contributed by atoms with Crippen LogP contribution in [0.15, 0.2) is 29.3 Å². The van der Waals surface area contributed by atoms with E-state index in [1.165, 1.54) is 11.8 Å². The van der Waals surface area contributed by atoms with Crippen molar-refractivity contribution >= 4 is 22.6 Å². The Morgan fingerprint density at radius 2 is 2.07 bits per heavy atom. The minimum atomic E-state index is -0.348. The van der Waals surface area contributed by atoms with E-state index in [0.717, 1.165) is 11.3 Å². The van der Waals surface area contributed by atoms with Crippen molar-refractivity contribution in [2.45, 2.75) is 19.4 Å². The summed E-state index contributed by atoms with van der Waals surface area (Å²) >= 11 is 1.43. The number of nitrogens with zero attached hydrogens (tertiary/aromatic N) is 1. The zero-order valence-corrected chi connectivity index (χ0v) is 10.1. The molecule has 4 N–H and O–H groups in total. The van der Waals surface area contributed by atoms with Crippen LogP contribution in [-0.4, -0.2) is 11.4 Å². The van der Waals surface area contributed by atoms with Gasteiger partial charge in [-0.2, -0.15) is 0 Å². The molecule has 0 amide bonds. The van der Waals surface area contributed by atoms with E-state index in [1.807, 2.05) is 44.4 Å². The van der Waals surface area contributed by atoms with E-state index in [9.17, 15) is 0 Å². The zero-order chi connectivity index (χ0) is 11.5. The Morgan fingerprint density at radius 1 is 1.40 bits per heavy atom. The molecule has 4 heteroatoms. The second-order valence-corrected chi connectivity index (χ2v) is 4.75. The maximum atomic E-state index is 6.00. The maximum absolute atomic E-state index is 6.00. The number of nitrogens with two attached hydrogens (primary N) is 2. The molecule has 1 aromatic rings. The largest absolute Gasteiger partial charge is 0.378 e. The normalized spacial score (nSPS) is 12.9. The predicted molar refractivity (Wildman–Crippen MR) is 68.5 cm³/mol. The third kappa shape index (κ3) is 3.57. The van der Waals surface area contributed by atoms with E-state index < -0.39 is 0 Å². The van der Waals surface area contributed by atoms with E-state index in [-0.39, 0.29) is 5.54 Å². The van der Waals surface area contributed by atoms with Gasteiger partial charge in [0.1, 0.15) is 0 Å². The van der Waals surface area contributed by atoms with Gasteiger partial charge in [0.25, 0.3) is 0 Å². The van der Waals surface area contributed by atoms with Crippen molar-refractivity contribution in [3.05, 3.63) is 29.8 Å². The van der Waals surface area contributed by atoms with Crippen LogP contribution in [0.25, 0.3) is 0 Å². The van der Waals surface area contributed by atoms with Crippen molar-refractivity contribution in [2.75, 3.05) is 6.26 Å². The molecule has 0 radical (unpaired) electrons. The molecule has 0 saturated heterocycles. The van der Waals surface area contributed by atoms with E-state index in [0.29, 0.717) is 5.17 Å². The first-order valence-corrected chi connectivity index (χ1v) is 5.93. The summed E-state index contributed by atoms with van der Waals surface area (Å²) in [7, 11) is 0. The summed E-state index contributed by atoms with van der Waals surface area (Å²) < 4.78 is 0. The molecule has 0 aliphatic heterocycles. The van der Waals surface area contributed by atoms with E-state index in [4.69, 9.17) is 11.5 Å². The molecule has 1 aromatic carbocycles. The molecule has 3 nitrogen and oxygen atoms in total. The molecular formula is C11H17N3S. The molecule has 0 bridgehead atoms. The molecule has 0 heterocycles. The minimum absolute atomic E-state index is 0.348. The molecule has 0 saturated carbocycles. The lowest BCUT2D eigenvalue weighted by Crippen LogP contribution is -2.28. The molecule has 0 unspecified atom stereocenters. The van der Waals surface area contributed by atoms with Crippen LogP contribution >= 0.6 is 11.8 Å². The van der Waals surface area contributed by atoms with Crippen LogP contribution in [0.4, 0.5) is 5.69 Å². The molecule has 0 aliphatic carbocycles. The first kappa shape index (κ1) is 12.1. The van der Waals surface area contributed by atoms with Crippen LogP contribution in [0.1, 0.15) is 19.4 Å². The van der Waals surface area contributed by atoms with Gasteiger partial charge < -0.3 is 11.5 Å². The fourth-order valence-electron chi connectivity index (χ4n) is 1.15. The van der Waals surface area contributed by atoms with Crippen LogP contribution in [0.5, 0.6) is 0 Å². The highest BCUT2D eigenvalue weighted by Gasteiger charge is 2.13. The number of benzene rings is 1. The second kappa shape index (κ2) is 4.68. The van der Waals surface area contributed by atoms with Crippen molar-refractivity contribution in [1.29, 1.82) is 0 Å². The number of rotatable bonds is 2. The Morgan fingerprint density at radius 3 is 2.60 bits per heavy atom. The Bertz CT molecular complexity index is 366. The van der Waals surface area contributed by atoms with Crippen molar-refractivity contribution in [1.82, 2.24) is 0 Å². The molecule has 0 atom stereocenters. The molecular weight excluding hydrogens is 206 g/mol. The van der Waals surface area contributed by atoms with Gasteiger partial charge in [-0.05, 0) is 37.8 Å². The molecule has 0 aliphatic rings. The van der Waals surface area contributed by atoms with Crippen LogP contribution in [0.2, 0.25) is 0 Å². The summed E-state index contributed by atoms with van der Waals surface area (Å²) in [5.74, 6) is 0. The molecule has 82 valence electrons. The fraction of sp³-hybridized carbons (Fsp3) is 0.364. The van der Waals surface area contributed by atoms with Crippen LogP contribution in [-0.2, 0) is 5.54 Å². The molecule has 0 aromatic heterocycles. The van der Waals surface area contributed by atoms with Crippen molar-refractivity contribution in [3.63, 3.8) is 0 Å². The number of hydrogen-bond donors (Lipinski definition) is 2. The lowest BCUT2D eigenvalue weighted by Gasteiger charge is -2.19. The lowest BCUT2D eigenvalue weighted by atomic mass is 9.95. The van der Waals surface area contributed by atoms with E-state index in [2.05, 4.69) is 4.99 Å². The minimum Gasteiger partial charge on any atom is -0.378 e. The Kier molecular flexibility index (Phi) is 3.77. The van der Waals surface area contributed by atoms with Gasteiger partial charge in [0, 0.05) is 5.54 Å². The fourth-order valence-corrected chi connectivity index (χ4v) is 1.35. The van der Waals surface area contributed by atoms with Crippen LogP contribution < -0.4 is 11.5 Å². The van der Waals surface area contributed by atoms with Crippen molar-refractivity contribution in [2.24, 2.45) is 16.5 Å². The molecule has 1 rings (SSSR count). The summed E-state index contributed by atoms with van der Waals surface area (Å²) in [5, 5.41) is 0.557.